The van der Waals surface area contributed by atoms with E-state index in [9.17, 15) is 18.0 Å². The SMILES string of the molecule is O=c1c(Cc2ccc(C(F)(F)F)cc2)c[nH]c2ccccc12. The van der Waals surface area contributed by atoms with Crippen molar-refractivity contribution in [2.75, 3.05) is 0 Å². The number of alkyl halides is 3. The summed E-state index contributed by atoms with van der Waals surface area (Å²) >= 11 is 0. The van der Waals surface area contributed by atoms with Crippen LogP contribution in [0.25, 0.3) is 10.9 Å². The van der Waals surface area contributed by atoms with E-state index in [1.54, 1.807) is 24.4 Å². The van der Waals surface area contributed by atoms with Gasteiger partial charge in [0.05, 0.1) is 5.56 Å². The first-order valence-corrected chi connectivity index (χ1v) is 6.70. The third-order valence-electron chi connectivity index (χ3n) is 3.54. The van der Waals surface area contributed by atoms with Crippen molar-refractivity contribution in [3.63, 3.8) is 0 Å². The fourth-order valence-corrected chi connectivity index (χ4v) is 2.37. The van der Waals surface area contributed by atoms with Gasteiger partial charge in [0.25, 0.3) is 0 Å². The molecule has 1 heterocycles. The van der Waals surface area contributed by atoms with Gasteiger partial charge in [-0.2, -0.15) is 13.2 Å². The molecule has 0 radical (unpaired) electrons. The Morgan fingerprint density at radius 3 is 2.32 bits per heavy atom. The van der Waals surface area contributed by atoms with E-state index in [1.807, 2.05) is 6.07 Å². The molecule has 0 aliphatic rings. The van der Waals surface area contributed by atoms with Gasteiger partial charge in [0, 0.05) is 29.1 Å². The van der Waals surface area contributed by atoms with Crippen molar-refractivity contribution in [1.29, 1.82) is 0 Å². The van der Waals surface area contributed by atoms with Gasteiger partial charge >= 0.3 is 6.18 Å². The smallest absolute Gasteiger partial charge is 0.361 e. The fraction of sp³-hybridized carbons (Fsp3) is 0.118. The van der Waals surface area contributed by atoms with Gasteiger partial charge in [0.15, 0.2) is 5.43 Å². The third-order valence-corrected chi connectivity index (χ3v) is 3.54. The highest BCUT2D eigenvalue weighted by atomic mass is 19.4. The number of aromatic amines is 1. The molecule has 2 aromatic carbocycles. The molecule has 0 unspecified atom stereocenters. The standard InChI is InChI=1S/C17H12F3NO/c18-17(19,20)13-7-5-11(6-8-13)9-12-10-21-15-4-2-1-3-14(15)16(12)22/h1-8,10H,9H2,(H,21,22). The highest BCUT2D eigenvalue weighted by Crippen LogP contribution is 2.29. The number of para-hydroxylation sites is 1. The number of rotatable bonds is 2. The zero-order valence-electron chi connectivity index (χ0n) is 11.4. The monoisotopic (exact) mass is 303 g/mol. The summed E-state index contributed by atoms with van der Waals surface area (Å²) < 4.78 is 37.6. The average molecular weight is 303 g/mol. The average Bonchev–Trinajstić information content (AvgIpc) is 2.50. The molecule has 0 saturated carbocycles. The van der Waals surface area contributed by atoms with Crippen molar-refractivity contribution >= 4 is 10.9 Å². The van der Waals surface area contributed by atoms with E-state index >= 15 is 0 Å². The van der Waals surface area contributed by atoms with Crippen LogP contribution in [-0.4, -0.2) is 4.98 Å². The van der Waals surface area contributed by atoms with Gasteiger partial charge in [-0.1, -0.05) is 24.3 Å². The maximum absolute atomic E-state index is 12.5. The Hall–Kier alpha value is -2.56. The van der Waals surface area contributed by atoms with Crippen LogP contribution in [0.4, 0.5) is 13.2 Å². The number of hydrogen-bond donors (Lipinski definition) is 1. The van der Waals surface area contributed by atoms with Crippen LogP contribution in [0, 0.1) is 0 Å². The summed E-state index contributed by atoms with van der Waals surface area (Å²) in [6, 6.07) is 12.0. The molecule has 2 nitrogen and oxygen atoms in total. The third kappa shape index (κ3) is 2.74. The van der Waals surface area contributed by atoms with Gasteiger partial charge < -0.3 is 4.98 Å². The van der Waals surface area contributed by atoms with Crippen LogP contribution in [0.2, 0.25) is 0 Å². The second-order valence-corrected chi connectivity index (χ2v) is 5.06. The lowest BCUT2D eigenvalue weighted by Crippen LogP contribution is -2.11. The van der Waals surface area contributed by atoms with E-state index in [-0.39, 0.29) is 11.8 Å². The molecule has 3 rings (SSSR count). The molecule has 3 aromatic rings. The first-order valence-electron chi connectivity index (χ1n) is 6.70. The second-order valence-electron chi connectivity index (χ2n) is 5.06. The number of halogens is 3. The molecule has 0 atom stereocenters. The zero-order valence-corrected chi connectivity index (χ0v) is 11.4. The summed E-state index contributed by atoms with van der Waals surface area (Å²) in [5.74, 6) is 0. The molecule has 0 amide bonds. The Kier molecular flexibility index (Phi) is 3.48. The highest BCUT2D eigenvalue weighted by molar-refractivity contribution is 5.78. The van der Waals surface area contributed by atoms with Gasteiger partial charge in [0.1, 0.15) is 0 Å². The van der Waals surface area contributed by atoms with Crippen molar-refractivity contribution in [3.05, 3.63) is 81.6 Å². The van der Waals surface area contributed by atoms with Crippen molar-refractivity contribution in [2.45, 2.75) is 12.6 Å². The topological polar surface area (TPSA) is 32.9 Å². The minimum absolute atomic E-state index is 0.103. The number of benzene rings is 2. The zero-order chi connectivity index (χ0) is 15.7. The van der Waals surface area contributed by atoms with E-state index in [2.05, 4.69) is 4.98 Å². The van der Waals surface area contributed by atoms with Crippen molar-refractivity contribution in [2.24, 2.45) is 0 Å². The molecule has 0 aliphatic heterocycles. The Morgan fingerprint density at radius 1 is 0.955 bits per heavy atom. The number of hydrogen-bond acceptors (Lipinski definition) is 1. The Balaban J connectivity index is 1.93. The van der Waals surface area contributed by atoms with Gasteiger partial charge in [-0.3, -0.25) is 4.79 Å². The first kappa shape index (κ1) is 14.4. The molecule has 0 bridgehead atoms. The van der Waals surface area contributed by atoms with Crippen LogP contribution in [-0.2, 0) is 12.6 Å². The van der Waals surface area contributed by atoms with E-state index in [1.165, 1.54) is 12.1 Å². The van der Waals surface area contributed by atoms with Crippen molar-refractivity contribution in [3.8, 4) is 0 Å². The van der Waals surface area contributed by atoms with Crippen LogP contribution in [0.3, 0.4) is 0 Å². The molecule has 1 aromatic heterocycles. The summed E-state index contributed by atoms with van der Waals surface area (Å²) in [5, 5.41) is 0.576. The predicted octanol–water partition coefficient (Wildman–Crippen LogP) is 4.14. The Labute approximate surface area is 124 Å². The molecule has 22 heavy (non-hydrogen) atoms. The number of nitrogens with one attached hydrogen (secondary N) is 1. The van der Waals surface area contributed by atoms with Gasteiger partial charge in [-0.05, 0) is 29.8 Å². The van der Waals surface area contributed by atoms with Gasteiger partial charge in [0.2, 0.25) is 0 Å². The number of aromatic nitrogens is 1. The van der Waals surface area contributed by atoms with Crippen molar-refractivity contribution in [1.82, 2.24) is 4.98 Å². The summed E-state index contributed by atoms with van der Waals surface area (Å²) in [6.45, 7) is 0. The summed E-state index contributed by atoms with van der Waals surface area (Å²) in [7, 11) is 0. The van der Waals surface area contributed by atoms with E-state index in [0.717, 1.165) is 17.6 Å². The molecule has 112 valence electrons. The minimum Gasteiger partial charge on any atom is -0.361 e. The first-order chi connectivity index (χ1) is 10.4. The van der Waals surface area contributed by atoms with Crippen LogP contribution in [0.5, 0.6) is 0 Å². The lowest BCUT2D eigenvalue weighted by molar-refractivity contribution is -0.137. The Morgan fingerprint density at radius 2 is 1.64 bits per heavy atom. The number of fused-ring (bicyclic) bond motifs is 1. The molecule has 0 fully saturated rings. The van der Waals surface area contributed by atoms with Crippen LogP contribution in [0.15, 0.2) is 59.5 Å². The molecule has 5 heteroatoms. The minimum atomic E-state index is -4.35. The maximum Gasteiger partial charge on any atom is 0.416 e. The van der Waals surface area contributed by atoms with Gasteiger partial charge in [-0.15, -0.1) is 0 Å². The quantitative estimate of drug-likeness (QED) is 0.758. The van der Waals surface area contributed by atoms with E-state index < -0.39 is 11.7 Å². The largest absolute Gasteiger partial charge is 0.416 e. The maximum atomic E-state index is 12.5. The Bertz CT molecular complexity index is 863. The second kappa shape index (κ2) is 5.33. The van der Waals surface area contributed by atoms with E-state index in [4.69, 9.17) is 0 Å². The summed E-state index contributed by atoms with van der Waals surface area (Å²) in [6.07, 6.45) is -2.44. The lowest BCUT2D eigenvalue weighted by atomic mass is 10.0. The van der Waals surface area contributed by atoms with E-state index in [0.29, 0.717) is 16.5 Å². The summed E-state index contributed by atoms with van der Waals surface area (Å²) in [4.78, 5) is 15.4. The number of H-pyrrole nitrogens is 1. The predicted molar refractivity (Wildman–Crippen MR) is 78.8 cm³/mol. The fourth-order valence-electron chi connectivity index (χ4n) is 2.37. The molecule has 0 aliphatic carbocycles. The van der Waals surface area contributed by atoms with Gasteiger partial charge in [-0.25, -0.2) is 0 Å². The molecular weight excluding hydrogens is 291 g/mol. The molecular formula is C17H12F3NO. The molecule has 1 N–H and O–H groups in total. The van der Waals surface area contributed by atoms with Crippen LogP contribution < -0.4 is 5.43 Å². The number of pyridine rings is 1. The van der Waals surface area contributed by atoms with Crippen molar-refractivity contribution < 1.29 is 13.2 Å². The molecule has 0 spiro atoms. The van der Waals surface area contributed by atoms with Crippen LogP contribution >= 0.6 is 0 Å². The molecule has 0 saturated heterocycles. The highest BCUT2D eigenvalue weighted by Gasteiger charge is 2.29. The lowest BCUT2D eigenvalue weighted by Gasteiger charge is -2.08. The summed E-state index contributed by atoms with van der Waals surface area (Å²) in [5.41, 5.74) is 1.13. The normalized spacial score (nSPS) is 11.8. The van der Waals surface area contributed by atoms with Crippen LogP contribution in [0.1, 0.15) is 16.7 Å².